The minimum atomic E-state index is -4.72. The van der Waals surface area contributed by atoms with Crippen LogP contribution in [0.15, 0.2) is 89.3 Å². The number of esters is 1. The zero-order valence-corrected chi connectivity index (χ0v) is 30.1. The maximum atomic E-state index is 14.2. The molecule has 292 valence electrons. The molecular formula is C37H41F3N2O11S. The molecule has 0 aliphatic carbocycles. The zero-order valence-electron chi connectivity index (χ0n) is 29.3. The van der Waals surface area contributed by atoms with Crippen molar-refractivity contribution in [3.05, 3.63) is 101 Å². The van der Waals surface area contributed by atoms with Gasteiger partial charge in [0.25, 0.3) is 10.0 Å². The molecule has 0 saturated carbocycles. The van der Waals surface area contributed by atoms with Crippen LogP contribution in [0.25, 0.3) is 0 Å². The summed E-state index contributed by atoms with van der Waals surface area (Å²) in [6, 6.07) is 16.7. The van der Waals surface area contributed by atoms with E-state index in [-0.39, 0.29) is 29.9 Å². The van der Waals surface area contributed by atoms with Gasteiger partial charge in [0.15, 0.2) is 11.1 Å². The third-order valence-electron chi connectivity index (χ3n) is 9.44. The first-order valence-corrected chi connectivity index (χ1v) is 18.7. The van der Waals surface area contributed by atoms with E-state index in [9.17, 15) is 51.6 Å². The highest BCUT2D eigenvalue weighted by Gasteiger charge is 2.50. The lowest BCUT2D eigenvalue weighted by atomic mass is 9.79. The Morgan fingerprint density at radius 2 is 1.74 bits per heavy atom. The van der Waals surface area contributed by atoms with Crippen molar-refractivity contribution in [3.63, 3.8) is 0 Å². The van der Waals surface area contributed by atoms with Crippen LogP contribution in [0.1, 0.15) is 68.6 Å². The fourth-order valence-electron chi connectivity index (χ4n) is 6.74. The Morgan fingerprint density at radius 1 is 1.02 bits per heavy atom. The van der Waals surface area contributed by atoms with Crippen LogP contribution >= 0.6 is 0 Å². The summed E-state index contributed by atoms with van der Waals surface area (Å²) in [4.78, 5) is 29.6. The number of aliphatic hydroxyl groups excluding tert-OH is 3. The van der Waals surface area contributed by atoms with E-state index in [4.69, 9.17) is 14.2 Å². The van der Waals surface area contributed by atoms with Crippen LogP contribution in [-0.2, 0) is 46.4 Å². The van der Waals surface area contributed by atoms with Crippen LogP contribution in [0.3, 0.4) is 0 Å². The molecule has 0 bridgehead atoms. The van der Waals surface area contributed by atoms with Gasteiger partial charge in [0.05, 0.1) is 11.1 Å². The second-order valence-corrected chi connectivity index (χ2v) is 14.9. The van der Waals surface area contributed by atoms with Gasteiger partial charge in [-0.15, -0.1) is 0 Å². The van der Waals surface area contributed by atoms with E-state index in [1.54, 1.807) is 13.0 Å². The molecule has 1 saturated heterocycles. The summed E-state index contributed by atoms with van der Waals surface area (Å²) < 4.78 is 85.5. The number of benzene rings is 2. The van der Waals surface area contributed by atoms with Crippen LogP contribution in [0.4, 0.5) is 18.9 Å². The van der Waals surface area contributed by atoms with Gasteiger partial charge in [-0.05, 0) is 61.1 Å². The topological polar surface area (TPSA) is 202 Å². The van der Waals surface area contributed by atoms with Gasteiger partial charge in [-0.1, -0.05) is 62.7 Å². The lowest BCUT2D eigenvalue weighted by Gasteiger charge is -2.43. The van der Waals surface area contributed by atoms with Crippen molar-refractivity contribution >= 4 is 27.6 Å². The maximum Gasteiger partial charge on any atom is 0.417 e. The standard InChI is InChI=1S/C37H41F3N2O11S/c1-3-16-36(17-15-21-9-6-5-7-10-21)19-26(51-35-31(45)29(43)30(44)32(52-35)33(46)47)28(34(48)53-36)25(4-2)22-11-8-12-24(18-22)42-54(49,50)27-14-13-23(20-41-27)37(38,39)40/h5-14,18,20,25,29-32,35,42-45H,3-4,15-17,19H2,1-2H3,(H,46,47)/t25-,29+,30+,31+,32-,35-,36-/m1/s1. The number of alkyl halides is 3. The van der Waals surface area contributed by atoms with Gasteiger partial charge in [-0.3, -0.25) is 4.72 Å². The second kappa shape index (κ2) is 16.4. The average Bonchev–Trinajstić information content (AvgIpc) is 3.12. The normalized spacial score (nSPS) is 25.5. The number of halogens is 3. The first kappa shape index (κ1) is 40.6. The molecule has 0 amide bonds. The molecule has 2 aliphatic rings. The predicted octanol–water partition coefficient (Wildman–Crippen LogP) is 4.68. The lowest BCUT2D eigenvalue weighted by Crippen LogP contribution is -2.60. The molecule has 5 rings (SSSR count). The number of carbonyl (C=O) groups is 2. The molecule has 3 aromatic rings. The Morgan fingerprint density at radius 3 is 2.35 bits per heavy atom. The van der Waals surface area contributed by atoms with Crippen LogP contribution in [0.2, 0.25) is 0 Å². The van der Waals surface area contributed by atoms with E-state index in [1.807, 2.05) is 37.3 Å². The van der Waals surface area contributed by atoms with E-state index >= 15 is 0 Å². The van der Waals surface area contributed by atoms with Crippen molar-refractivity contribution < 1.29 is 65.8 Å². The van der Waals surface area contributed by atoms with Gasteiger partial charge in [0, 0.05) is 24.2 Å². The zero-order chi connectivity index (χ0) is 39.4. The number of ether oxygens (including phenoxy) is 3. The van der Waals surface area contributed by atoms with Gasteiger partial charge in [0.1, 0.15) is 29.7 Å². The number of pyridine rings is 1. The third-order valence-corrected chi connectivity index (χ3v) is 10.7. The highest BCUT2D eigenvalue weighted by atomic mass is 32.2. The molecule has 1 fully saturated rings. The van der Waals surface area contributed by atoms with E-state index in [1.165, 1.54) is 18.2 Å². The number of carboxylic acid groups (broad SMARTS) is 1. The summed E-state index contributed by atoms with van der Waals surface area (Å²) >= 11 is 0. The molecular weight excluding hydrogens is 737 g/mol. The van der Waals surface area contributed by atoms with Crippen LogP contribution in [0.5, 0.6) is 0 Å². The fourth-order valence-corrected chi connectivity index (χ4v) is 7.72. The quantitative estimate of drug-likeness (QED) is 0.142. The van der Waals surface area contributed by atoms with Gasteiger partial charge >= 0.3 is 18.1 Å². The van der Waals surface area contributed by atoms with Crippen LogP contribution in [0, 0.1) is 0 Å². The highest BCUT2D eigenvalue weighted by Crippen LogP contribution is 2.44. The van der Waals surface area contributed by atoms with E-state index in [0.29, 0.717) is 43.5 Å². The minimum absolute atomic E-state index is 0.00414. The molecule has 7 atom stereocenters. The monoisotopic (exact) mass is 778 g/mol. The summed E-state index contributed by atoms with van der Waals surface area (Å²) in [7, 11) is -4.46. The number of rotatable bonds is 14. The van der Waals surface area contributed by atoms with Crippen molar-refractivity contribution in [2.45, 2.75) is 106 Å². The van der Waals surface area contributed by atoms with Crippen molar-refractivity contribution in [2.75, 3.05) is 4.72 Å². The Balaban J connectivity index is 1.53. The number of aliphatic carboxylic acids is 1. The smallest absolute Gasteiger partial charge is 0.417 e. The molecule has 0 radical (unpaired) electrons. The average molecular weight is 779 g/mol. The van der Waals surface area contributed by atoms with Crippen molar-refractivity contribution in [2.24, 2.45) is 0 Å². The third kappa shape index (κ3) is 9.03. The van der Waals surface area contributed by atoms with Crippen molar-refractivity contribution in [1.29, 1.82) is 0 Å². The molecule has 54 heavy (non-hydrogen) atoms. The number of sulfonamides is 1. The summed E-state index contributed by atoms with van der Waals surface area (Å²) in [5.74, 6) is -3.28. The number of carbonyl (C=O) groups excluding carboxylic acids is 1. The maximum absolute atomic E-state index is 14.2. The summed E-state index contributed by atoms with van der Waals surface area (Å²) in [5.41, 5.74) is -0.909. The molecule has 3 heterocycles. The van der Waals surface area contributed by atoms with Gasteiger partial charge < -0.3 is 34.6 Å². The molecule has 17 heteroatoms. The summed E-state index contributed by atoms with van der Waals surface area (Å²) in [5, 5.41) is 40.6. The molecule has 0 unspecified atom stereocenters. The van der Waals surface area contributed by atoms with E-state index < -0.39 is 81.0 Å². The number of carboxylic acids is 1. The number of nitrogens with one attached hydrogen (secondary N) is 1. The number of hydrogen-bond acceptors (Lipinski definition) is 11. The summed E-state index contributed by atoms with van der Waals surface area (Å²) in [6.45, 7) is 3.64. The fraction of sp³-hybridized carbons (Fsp3) is 0.432. The molecule has 1 aromatic heterocycles. The number of nitrogens with zero attached hydrogens (tertiary/aromatic N) is 1. The summed E-state index contributed by atoms with van der Waals surface area (Å²) in [6.07, 6.45) is -12.0. The number of cyclic esters (lactones) is 1. The van der Waals surface area contributed by atoms with Crippen LogP contribution in [-0.4, -0.2) is 82.1 Å². The first-order valence-electron chi connectivity index (χ1n) is 17.2. The molecule has 0 spiro atoms. The Kier molecular flexibility index (Phi) is 12.4. The number of hydrogen-bond donors (Lipinski definition) is 5. The number of anilines is 1. The largest absolute Gasteiger partial charge is 0.479 e. The molecule has 2 aromatic carbocycles. The molecule has 2 aliphatic heterocycles. The first-order chi connectivity index (χ1) is 25.5. The van der Waals surface area contributed by atoms with Crippen molar-refractivity contribution in [3.8, 4) is 0 Å². The minimum Gasteiger partial charge on any atom is -0.479 e. The highest BCUT2D eigenvalue weighted by molar-refractivity contribution is 7.92. The Labute approximate surface area is 309 Å². The molecule has 13 nitrogen and oxygen atoms in total. The van der Waals surface area contributed by atoms with Crippen LogP contribution < -0.4 is 4.72 Å². The predicted molar refractivity (Wildman–Crippen MR) is 185 cm³/mol. The second-order valence-electron chi connectivity index (χ2n) is 13.2. The number of aliphatic hydroxyl groups is 3. The number of aromatic nitrogens is 1. The molecule has 5 N–H and O–H groups in total. The van der Waals surface area contributed by atoms with Crippen molar-refractivity contribution in [1.82, 2.24) is 4.98 Å². The Hall–Kier alpha value is -4.55. The van der Waals surface area contributed by atoms with E-state index in [2.05, 4.69) is 9.71 Å². The van der Waals surface area contributed by atoms with Gasteiger partial charge in [-0.25, -0.2) is 14.6 Å². The van der Waals surface area contributed by atoms with Gasteiger partial charge in [-0.2, -0.15) is 21.6 Å². The SMILES string of the molecule is CCC[C@@]1(CCc2ccccc2)CC(O[C@@H]2O[C@@H](C(=O)O)[C@@H](O)[C@H](O)[C@@H]2O)=C([C@H](CC)c2cccc(NS(=O)(=O)c3ccc(C(F)(F)F)cn3)c2)C(=O)O1. The Bertz CT molecular complexity index is 1940. The van der Waals surface area contributed by atoms with E-state index in [0.717, 1.165) is 11.6 Å². The number of aryl methyl sites for hydroxylation is 1. The van der Waals surface area contributed by atoms with Gasteiger partial charge in [0.2, 0.25) is 6.29 Å². The lowest BCUT2D eigenvalue weighted by molar-refractivity contribution is -0.287.